The van der Waals surface area contributed by atoms with E-state index in [4.69, 9.17) is 4.74 Å². The van der Waals surface area contributed by atoms with Crippen molar-refractivity contribution in [3.63, 3.8) is 0 Å². The lowest BCUT2D eigenvalue weighted by atomic mass is 9.97. The van der Waals surface area contributed by atoms with E-state index >= 15 is 0 Å². The number of aliphatic hydroxyl groups is 1. The van der Waals surface area contributed by atoms with E-state index in [2.05, 4.69) is 13.8 Å². The van der Waals surface area contributed by atoms with Crippen molar-refractivity contribution in [3.8, 4) is 0 Å². The Labute approximate surface area is 138 Å². The number of benzene rings is 1. The summed E-state index contributed by atoms with van der Waals surface area (Å²) in [4.78, 5) is 14.2. The van der Waals surface area contributed by atoms with E-state index in [1.165, 1.54) is 12.8 Å². The summed E-state index contributed by atoms with van der Waals surface area (Å²) >= 11 is 0. The Kier molecular flexibility index (Phi) is 5.02. The largest absolute Gasteiger partial charge is 0.461 e. The summed E-state index contributed by atoms with van der Waals surface area (Å²) in [5.41, 5.74) is 0.827. The molecule has 2 N–H and O–H groups in total. The van der Waals surface area contributed by atoms with Gasteiger partial charge in [-0.05, 0) is 19.4 Å². The molecule has 4 nitrogen and oxygen atoms in total. The van der Waals surface area contributed by atoms with E-state index in [9.17, 15) is 9.90 Å². The number of hydrogen-bond donors (Lipinski definition) is 2. The summed E-state index contributed by atoms with van der Waals surface area (Å²) in [6, 6.07) is 11.3. The monoisotopic (exact) mass is 318 g/mol. The number of esters is 1. The quantitative estimate of drug-likeness (QED) is 0.805. The van der Waals surface area contributed by atoms with Crippen LogP contribution in [0.15, 0.2) is 30.3 Å². The summed E-state index contributed by atoms with van der Waals surface area (Å²) in [6.07, 6.45) is 4.42. The minimum atomic E-state index is -0.565. The smallest absolute Gasteiger partial charge is 0.316 e. The van der Waals surface area contributed by atoms with E-state index in [1.54, 1.807) is 4.90 Å². The molecular weight excluding hydrogens is 290 g/mol. The molecule has 3 unspecified atom stereocenters. The SMILES string of the molecule is CC(C)[NH+]1C2CCC1CC(OC(=O)C(CO)c1ccccc1)C2. The molecule has 2 aliphatic rings. The zero-order valence-electron chi connectivity index (χ0n) is 14.1. The summed E-state index contributed by atoms with van der Waals surface area (Å²) < 4.78 is 5.80. The van der Waals surface area contributed by atoms with E-state index in [0.717, 1.165) is 18.4 Å². The number of carbonyl (C=O) groups excluding carboxylic acids is 1. The van der Waals surface area contributed by atoms with Crippen LogP contribution >= 0.6 is 0 Å². The molecule has 1 aromatic rings. The molecule has 3 rings (SSSR count). The average Bonchev–Trinajstić information content (AvgIpc) is 2.81. The van der Waals surface area contributed by atoms with Crippen molar-refractivity contribution in [1.29, 1.82) is 0 Å². The maximum absolute atomic E-state index is 12.5. The number of ether oxygens (including phenoxy) is 1. The van der Waals surface area contributed by atoms with Crippen molar-refractivity contribution in [2.45, 2.75) is 69.7 Å². The lowest BCUT2D eigenvalue weighted by Gasteiger charge is -2.38. The van der Waals surface area contributed by atoms with Crippen molar-refractivity contribution in [2.24, 2.45) is 0 Å². The summed E-state index contributed by atoms with van der Waals surface area (Å²) in [5.74, 6) is -0.847. The maximum atomic E-state index is 12.5. The fraction of sp³-hybridized carbons (Fsp3) is 0.632. The first kappa shape index (κ1) is 16.5. The Morgan fingerprint density at radius 3 is 2.35 bits per heavy atom. The van der Waals surface area contributed by atoms with Gasteiger partial charge in [0.2, 0.25) is 0 Å². The zero-order chi connectivity index (χ0) is 16.4. The summed E-state index contributed by atoms with van der Waals surface area (Å²) in [6.45, 7) is 4.36. The van der Waals surface area contributed by atoms with E-state index in [-0.39, 0.29) is 18.7 Å². The number of quaternary nitrogens is 1. The fourth-order valence-electron chi connectivity index (χ4n) is 4.59. The second-order valence-electron chi connectivity index (χ2n) is 7.30. The third-order valence-corrected chi connectivity index (χ3v) is 5.52. The molecule has 2 bridgehead atoms. The number of fused-ring (bicyclic) bond motifs is 2. The highest BCUT2D eigenvalue weighted by Gasteiger charge is 2.47. The van der Waals surface area contributed by atoms with Gasteiger partial charge in [-0.15, -0.1) is 0 Å². The van der Waals surface area contributed by atoms with E-state index in [1.807, 2.05) is 30.3 Å². The number of rotatable bonds is 5. The molecule has 0 spiro atoms. The predicted octanol–water partition coefficient (Wildman–Crippen LogP) is 1.29. The molecule has 2 heterocycles. The Morgan fingerprint density at radius 2 is 1.83 bits per heavy atom. The van der Waals surface area contributed by atoms with Gasteiger partial charge in [-0.25, -0.2) is 0 Å². The zero-order valence-corrected chi connectivity index (χ0v) is 14.1. The second-order valence-corrected chi connectivity index (χ2v) is 7.30. The van der Waals surface area contributed by atoms with E-state index < -0.39 is 5.92 Å². The fourth-order valence-corrected chi connectivity index (χ4v) is 4.59. The second kappa shape index (κ2) is 7.02. The summed E-state index contributed by atoms with van der Waals surface area (Å²) in [5, 5.41) is 9.61. The van der Waals surface area contributed by atoms with Crippen LogP contribution in [-0.4, -0.2) is 41.9 Å². The minimum absolute atomic E-state index is 0.0141. The van der Waals surface area contributed by atoms with Crippen LogP contribution in [0.2, 0.25) is 0 Å². The van der Waals surface area contributed by atoms with Gasteiger partial charge in [0, 0.05) is 25.7 Å². The van der Waals surface area contributed by atoms with Crippen molar-refractivity contribution in [1.82, 2.24) is 0 Å². The first-order valence-corrected chi connectivity index (χ1v) is 8.83. The van der Waals surface area contributed by atoms with Gasteiger partial charge in [0.25, 0.3) is 0 Å². The van der Waals surface area contributed by atoms with Gasteiger partial charge in [0.1, 0.15) is 12.0 Å². The van der Waals surface area contributed by atoms with Gasteiger partial charge < -0.3 is 14.7 Å². The van der Waals surface area contributed by atoms with Crippen LogP contribution in [-0.2, 0) is 9.53 Å². The number of aliphatic hydroxyl groups excluding tert-OH is 1. The Bertz CT molecular complexity index is 517. The normalized spacial score (nSPS) is 31.1. The lowest BCUT2D eigenvalue weighted by molar-refractivity contribution is -0.962. The molecule has 0 saturated carbocycles. The molecule has 0 aliphatic carbocycles. The van der Waals surface area contributed by atoms with Crippen LogP contribution in [0.25, 0.3) is 0 Å². The minimum Gasteiger partial charge on any atom is -0.461 e. The highest BCUT2D eigenvalue weighted by atomic mass is 16.5. The Morgan fingerprint density at radius 1 is 1.22 bits per heavy atom. The molecule has 2 fully saturated rings. The molecule has 4 heteroatoms. The molecule has 3 atom stereocenters. The molecular formula is C19H28NO3+. The van der Waals surface area contributed by atoms with Crippen LogP contribution in [0.5, 0.6) is 0 Å². The van der Waals surface area contributed by atoms with Gasteiger partial charge in [-0.1, -0.05) is 30.3 Å². The van der Waals surface area contributed by atoms with Gasteiger partial charge in [-0.2, -0.15) is 0 Å². The molecule has 23 heavy (non-hydrogen) atoms. The molecule has 0 radical (unpaired) electrons. The third kappa shape index (κ3) is 3.43. The van der Waals surface area contributed by atoms with Crippen LogP contribution in [0, 0.1) is 0 Å². The van der Waals surface area contributed by atoms with Gasteiger partial charge in [0.15, 0.2) is 0 Å². The number of hydrogen-bond acceptors (Lipinski definition) is 3. The first-order valence-electron chi connectivity index (χ1n) is 8.83. The maximum Gasteiger partial charge on any atom is 0.316 e. The molecule has 2 aliphatic heterocycles. The van der Waals surface area contributed by atoms with Crippen molar-refractivity contribution >= 4 is 5.97 Å². The predicted molar refractivity (Wildman–Crippen MR) is 88.3 cm³/mol. The van der Waals surface area contributed by atoms with Crippen molar-refractivity contribution in [2.75, 3.05) is 6.61 Å². The molecule has 1 aromatic carbocycles. The lowest BCUT2D eigenvalue weighted by Crippen LogP contribution is -3.20. The van der Waals surface area contributed by atoms with Crippen molar-refractivity contribution in [3.05, 3.63) is 35.9 Å². The van der Waals surface area contributed by atoms with Crippen LogP contribution in [0.3, 0.4) is 0 Å². The Hall–Kier alpha value is -1.39. The first-order chi connectivity index (χ1) is 11.1. The van der Waals surface area contributed by atoms with Crippen LogP contribution in [0.4, 0.5) is 0 Å². The number of nitrogens with one attached hydrogen (secondary N) is 1. The topological polar surface area (TPSA) is 51.0 Å². The van der Waals surface area contributed by atoms with Gasteiger partial charge in [-0.3, -0.25) is 4.79 Å². The third-order valence-electron chi connectivity index (χ3n) is 5.52. The standard InChI is InChI=1S/C19H27NO3/c1-13(2)20-15-8-9-16(20)11-17(10-15)23-19(22)18(12-21)14-6-4-3-5-7-14/h3-7,13,15-18,21H,8-12H2,1-2H3/p+1. The molecule has 0 aromatic heterocycles. The summed E-state index contributed by atoms with van der Waals surface area (Å²) in [7, 11) is 0. The molecule has 0 amide bonds. The number of piperidine rings is 1. The Balaban J connectivity index is 1.63. The average molecular weight is 318 g/mol. The van der Waals surface area contributed by atoms with Crippen molar-refractivity contribution < 1.29 is 19.5 Å². The number of carbonyl (C=O) groups is 1. The van der Waals surface area contributed by atoms with Gasteiger partial charge in [0.05, 0.1) is 24.7 Å². The highest BCUT2D eigenvalue weighted by Crippen LogP contribution is 2.27. The molecule has 126 valence electrons. The molecule has 2 saturated heterocycles. The van der Waals surface area contributed by atoms with Crippen LogP contribution < -0.4 is 4.90 Å². The van der Waals surface area contributed by atoms with Crippen LogP contribution in [0.1, 0.15) is 51.0 Å². The van der Waals surface area contributed by atoms with E-state index in [0.29, 0.717) is 18.1 Å². The van der Waals surface area contributed by atoms with Gasteiger partial charge >= 0.3 is 5.97 Å². The highest BCUT2D eigenvalue weighted by molar-refractivity contribution is 5.78.